The summed E-state index contributed by atoms with van der Waals surface area (Å²) < 4.78 is 11.4. The van der Waals surface area contributed by atoms with Gasteiger partial charge in [-0.2, -0.15) is 0 Å². The highest BCUT2D eigenvalue weighted by molar-refractivity contribution is 6.62. The van der Waals surface area contributed by atoms with Crippen molar-refractivity contribution in [3.05, 3.63) is 41.7 Å². The molecular formula is C15H19BN2O4. The van der Waals surface area contributed by atoms with E-state index in [1.54, 1.807) is 12.1 Å². The summed E-state index contributed by atoms with van der Waals surface area (Å²) >= 11 is 0. The van der Waals surface area contributed by atoms with Gasteiger partial charge in [-0.15, -0.1) is 0 Å². The Bertz CT molecular complexity index is 608. The minimum atomic E-state index is -0.699. The number of carbonyl (C=O) groups is 2. The molecule has 0 unspecified atom stereocenters. The second kappa shape index (κ2) is 5.85. The van der Waals surface area contributed by atoms with Crippen LogP contribution in [0.2, 0.25) is 0 Å². The standard InChI is InChI=1S/C15H19BN2O4/c1-9-15(2,3)22-16(21-9)12-7-10(13(19)17-4)6-11(8-12)14(20)18-5/h6-8H,1H2,2-5H3,(H,17,19)(H,18,20). The Morgan fingerprint density at radius 2 is 1.59 bits per heavy atom. The third-order valence-corrected chi connectivity index (χ3v) is 3.53. The van der Waals surface area contributed by atoms with E-state index >= 15 is 0 Å². The van der Waals surface area contributed by atoms with E-state index in [2.05, 4.69) is 17.2 Å². The van der Waals surface area contributed by atoms with E-state index in [0.717, 1.165) is 0 Å². The fourth-order valence-corrected chi connectivity index (χ4v) is 2.10. The van der Waals surface area contributed by atoms with Crippen molar-refractivity contribution in [3.8, 4) is 0 Å². The quantitative estimate of drug-likeness (QED) is 0.794. The largest absolute Gasteiger partial charge is 0.563 e. The van der Waals surface area contributed by atoms with Gasteiger partial charge in [0.2, 0.25) is 0 Å². The Morgan fingerprint density at radius 3 is 1.95 bits per heavy atom. The van der Waals surface area contributed by atoms with Gasteiger partial charge >= 0.3 is 7.12 Å². The molecule has 0 radical (unpaired) electrons. The minimum absolute atomic E-state index is 0.289. The number of hydrogen-bond acceptors (Lipinski definition) is 4. The van der Waals surface area contributed by atoms with Crippen molar-refractivity contribution in [1.82, 2.24) is 10.6 Å². The normalized spacial score (nSPS) is 16.2. The first-order valence-corrected chi connectivity index (χ1v) is 6.91. The van der Waals surface area contributed by atoms with Gasteiger partial charge in [-0.25, -0.2) is 0 Å². The van der Waals surface area contributed by atoms with Crippen LogP contribution in [-0.2, 0) is 9.31 Å². The van der Waals surface area contributed by atoms with Gasteiger partial charge in [-0.3, -0.25) is 9.59 Å². The molecule has 0 aromatic heterocycles. The lowest BCUT2D eigenvalue weighted by Gasteiger charge is -2.15. The summed E-state index contributed by atoms with van der Waals surface area (Å²) in [4.78, 5) is 23.8. The van der Waals surface area contributed by atoms with Crippen molar-refractivity contribution >= 4 is 24.4 Å². The van der Waals surface area contributed by atoms with E-state index < -0.39 is 12.7 Å². The SMILES string of the molecule is C=C1OB(c2cc(C(=O)NC)cc(C(=O)NC)c2)OC1(C)C. The molecule has 7 heteroatoms. The molecule has 22 heavy (non-hydrogen) atoms. The average molecular weight is 302 g/mol. The van der Waals surface area contributed by atoms with Gasteiger partial charge in [0.25, 0.3) is 11.8 Å². The van der Waals surface area contributed by atoms with Crippen LogP contribution in [0.5, 0.6) is 0 Å². The van der Waals surface area contributed by atoms with Crippen LogP contribution in [0.3, 0.4) is 0 Å². The molecule has 2 N–H and O–H groups in total. The van der Waals surface area contributed by atoms with Crippen molar-refractivity contribution in [2.45, 2.75) is 19.4 Å². The van der Waals surface area contributed by atoms with E-state index in [1.165, 1.54) is 20.2 Å². The molecule has 1 aromatic carbocycles. The molecule has 0 aliphatic carbocycles. The highest BCUT2D eigenvalue weighted by atomic mass is 16.7. The Hall–Kier alpha value is -2.28. The first-order chi connectivity index (χ1) is 10.3. The molecule has 1 saturated heterocycles. The van der Waals surface area contributed by atoms with Gasteiger partial charge in [0.05, 0.1) is 5.76 Å². The summed E-state index contributed by atoms with van der Waals surface area (Å²) in [5.74, 6) is -0.0736. The predicted octanol–water partition coefficient (Wildman–Crippen LogP) is 0.440. The summed E-state index contributed by atoms with van der Waals surface area (Å²) in [6.45, 7) is 7.51. The summed E-state index contributed by atoms with van der Waals surface area (Å²) in [5, 5.41) is 5.08. The van der Waals surface area contributed by atoms with Crippen LogP contribution >= 0.6 is 0 Å². The third-order valence-electron chi connectivity index (χ3n) is 3.53. The number of rotatable bonds is 3. The molecule has 2 amide bonds. The van der Waals surface area contributed by atoms with Crippen molar-refractivity contribution < 1.29 is 18.9 Å². The van der Waals surface area contributed by atoms with Gasteiger partial charge in [0.1, 0.15) is 5.60 Å². The van der Waals surface area contributed by atoms with Crippen LogP contribution < -0.4 is 16.1 Å². The molecule has 1 heterocycles. The molecule has 1 aromatic rings. The molecular weight excluding hydrogens is 283 g/mol. The van der Waals surface area contributed by atoms with Gasteiger partial charge < -0.3 is 19.9 Å². The summed E-state index contributed by atoms with van der Waals surface area (Å²) in [5.41, 5.74) is 0.689. The van der Waals surface area contributed by atoms with E-state index in [-0.39, 0.29) is 11.8 Å². The van der Waals surface area contributed by atoms with E-state index in [1.807, 2.05) is 13.8 Å². The second-order valence-electron chi connectivity index (χ2n) is 5.50. The zero-order chi connectivity index (χ0) is 16.5. The maximum Gasteiger partial charge on any atom is 0.563 e. The van der Waals surface area contributed by atoms with Crippen LogP contribution in [0.15, 0.2) is 30.5 Å². The zero-order valence-electron chi connectivity index (χ0n) is 13.1. The van der Waals surface area contributed by atoms with E-state index in [0.29, 0.717) is 22.3 Å². The number of nitrogens with one attached hydrogen (secondary N) is 2. The topological polar surface area (TPSA) is 76.7 Å². The Kier molecular flexibility index (Phi) is 4.28. The average Bonchev–Trinajstić information content (AvgIpc) is 2.78. The Labute approximate surface area is 130 Å². The lowest BCUT2D eigenvalue weighted by Crippen LogP contribution is -2.36. The number of hydrogen-bond donors (Lipinski definition) is 2. The van der Waals surface area contributed by atoms with Gasteiger partial charge in [0, 0.05) is 25.2 Å². The van der Waals surface area contributed by atoms with Crippen LogP contribution in [0, 0.1) is 0 Å². The van der Waals surface area contributed by atoms with Crippen molar-refractivity contribution in [1.29, 1.82) is 0 Å². The van der Waals surface area contributed by atoms with Gasteiger partial charge in [0.15, 0.2) is 0 Å². The maximum atomic E-state index is 11.9. The van der Waals surface area contributed by atoms with Gasteiger partial charge in [-0.05, 0) is 37.5 Å². The van der Waals surface area contributed by atoms with Crippen LogP contribution in [0.1, 0.15) is 34.6 Å². The van der Waals surface area contributed by atoms with Gasteiger partial charge in [-0.1, -0.05) is 6.58 Å². The number of amides is 2. The second-order valence-corrected chi connectivity index (χ2v) is 5.50. The highest BCUT2D eigenvalue weighted by Gasteiger charge is 2.43. The smallest absolute Gasteiger partial charge is 0.534 e. The zero-order valence-corrected chi connectivity index (χ0v) is 13.1. The van der Waals surface area contributed by atoms with E-state index in [9.17, 15) is 9.59 Å². The van der Waals surface area contributed by atoms with E-state index in [4.69, 9.17) is 9.31 Å². The molecule has 1 fully saturated rings. The van der Waals surface area contributed by atoms with Crippen LogP contribution in [-0.4, -0.2) is 38.6 Å². The highest BCUT2D eigenvalue weighted by Crippen LogP contribution is 2.29. The van der Waals surface area contributed by atoms with Crippen molar-refractivity contribution in [2.24, 2.45) is 0 Å². The molecule has 0 atom stereocenters. The predicted molar refractivity (Wildman–Crippen MR) is 84.0 cm³/mol. The summed E-state index contributed by atoms with van der Waals surface area (Å²) in [6, 6.07) is 4.81. The monoisotopic (exact) mass is 302 g/mol. The first-order valence-electron chi connectivity index (χ1n) is 6.91. The fourth-order valence-electron chi connectivity index (χ4n) is 2.10. The number of carbonyl (C=O) groups excluding carboxylic acids is 2. The minimum Gasteiger partial charge on any atom is -0.534 e. The summed E-state index contributed by atoms with van der Waals surface area (Å²) in [6.07, 6.45) is 0. The molecule has 116 valence electrons. The Morgan fingerprint density at radius 1 is 1.09 bits per heavy atom. The van der Waals surface area contributed by atoms with Crippen molar-refractivity contribution in [2.75, 3.05) is 14.1 Å². The molecule has 1 aliphatic rings. The molecule has 0 spiro atoms. The van der Waals surface area contributed by atoms with Crippen LogP contribution in [0.25, 0.3) is 0 Å². The lowest BCUT2D eigenvalue weighted by molar-refractivity contribution is 0.0962. The summed E-state index contributed by atoms with van der Waals surface area (Å²) in [7, 11) is 2.36. The maximum absolute atomic E-state index is 11.9. The Balaban J connectivity index is 2.45. The number of benzene rings is 1. The third kappa shape index (κ3) is 2.99. The lowest BCUT2D eigenvalue weighted by atomic mass is 9.77. The molecule has 1 aliphatic heterocycles. The molecule has 6 nitrogen and oxygen atoms in total. The molecule has 0 saturated carbocycles. The molecule has 0 bridgehead atoms. The van der Waals surface area contributed by atoms with Crippen molar-refractivity contribution in [3.63, 3.8) is 0 Å². The fraction of sp³-hybridized carbons (Fsp3) is 0.333. The first kappa shape index (κ1) is 16.1. The van der Waals surface area contributed by atoms with Crippen LogP contribution in [0.4, 0.5) is 0 Å². The molecule has 2 rings (SSSR count).